The van der Waals surface area contributed by atoms with E-state index in [9.17, 15) is 4.79 Å². The van der Waals surface area contributed by atoms with Gasteiger partial charge >= 0.3 is 0 Å². The number of fused-ring (bicyclic) bond motifs is 1. The maximum atomic E-state index is 12.0. The highest BCUT2D eigenvalue weighted by atomic mass is 16.5. The number of hydrogen-bond acceptors (Lipinski definition) is 4. The van der Waals surface area contributed by atoms with Crippen molar-refractivity contribution in [3.8, 4) is 5.75 Å². The molecule has 0 aromatic heterocycles. The highest BCUT2D eigenvalue weighted by molar-refractivity contribution is 5.76. The third-order valence-corrected chi connectivity index (χ3v) is 3.96. The van der Waals surface area contributed by atoms with Crippen molar-refractivity contribution in [2.45, 2.75) is 19.4 Å². The third-order valence-electron chi connectivity index (χ3n) is 3.96. The molecule has 1 aromatic rings. The second-order valence-electron chi connectivity index (χ2n) is 5.46. The summed E-state index contributed by atoms with van der Waals surface area (Å²) in [4.78, 5) is 13.9. The SMILES string of the molecule is O=C(CCNCc1ccc2c(c1)CCO2)N1CCOCC1. The predicted molar refractivity (Wildman–Crippen MR) is 79.4 cm³/mol. The topological polar surface area (TPSA) is 50.8 Å². The summed E-state index contributed by atoms with van der Waals surface area (Å²) in [6.07, 6.45) is 1.55. The van der Waals surface area contributed by atoms with Crippen LogP contribution in [0.5, 0.6) is 5.75 Å². The van der Waals surface area contributed by atoms with Gasteiger partial charge in [-0.15, -0.1) is 0 Å². The van der Waals surface area contributed by atoms with E-state index in [0.29, 0.717) is 26.2 Å². The van der Waals surface area contributed by atoms with Crippen LogP contribution in [-0.2, 0) is 22.5 Å². The summed E-state index contributed by atoms with van der Waals surface area (Å²) >= 11 is 0. The normalized spacial score (nSPS) is 17.4. The third kappa shape index (κ3) is 3.74. The number of carbonyl (C=O) groups excluding carboxylic acids is 1. The first-order chi connectivity index (χ1) is 10.3. The van der Waals surface area contributed by atoms with Crippen molar-refractivity contribution in [2.24, 2.45) is 0 Å². The van der Waals surface area contributed by atoms with Gasteiger partial charge in [0.2, 0.25) is 5.91 Å². The standard InChI is InChI=1S/C16H22N2O3/c19-16(18-6-9-20-10-7-18)3-5-17-12-13-1-2-15-14(11-13)4-8-21-15/h1-2,11,17H,3-10,12H2. The monoisotopic (exact) mass is 290 g/mol. The second-order valence-corrected chi connectivity index (χ2v) is 5.46. The van der Waals surface area contributed by atoms with E-state index in [4.69, 9.17) is 9.47 Å². The van der Waals surface area contributed by atoms with Crippen molar-refractivity contribution in [2.75, 3.05) is 39.5 Å². The minimum absolute atomic E-state index is 0.216. The Hall–Kier alpha value is -1.59. The predicted octanol–water partition coefficient (Wildman–Crippen LogP) is 0.960. The Morgan fingerprint density at radius 1 is 1.24 bits per heavy atom. The summed E-state index contributed by atoms with van der Waals surface area (Å²) < 4.78 is 10.7. The average molecular weight is 290 g/mol. The Labute approximate surface area is 125 Å². The van der Waals surface area contributed by atoms with Gasteiger partial charge in [0.25, 0.3) is 0 Å². The van der Waals surface area contributed by atoms with Crippen LogP contribution in [0.4, 0.5) is 0 Å². The highest BCUT2D eigenvalue weighted by Crippen LogP contribution is 2.25. The molecule has 2 aliphatic rings. The summed E-state index contributed by atoms with van der Waals surface area (Å²) in [5.74, 6) is 1.23. The molecule has 0 atom stereocenters. The number of amides is 1. The van der Waals surface area contributed by atoms with Gasteiger partial charge < -0.3 is 19.7 Å². The van der Waals surface area contributed by atoms with Gasteiger partial charge in [-0.05, 0) is 17.2 Å². The highest BCUT2D eigenvalue weighted by Gasteiger charge is 2.16. The summed E-state index contributed by atoms with van der Waals surface area (Å²) in [6, 6.07) is 6.32. The molecule has 0 aliphatic carbocycles. The van der Waals surface area contributed by atoms with E-state index in [1.807, 2.05) is 11.0 Å². The molecule has 2 heterocycles. The Balaban J connectivity index is 1.39. The van der Waals surface area contributed by atoms with Crippen molar-refractivity contribution < 1.29 is 14.3 Å². The fourth-order valence-corrected chi connectivity index (χ4v) is 2.75. The lowest BCUT2D eigenvalue weighted by molar-refractivity contribution is -0.135. The van der Waals surface area contributed by atoms with Gasteiger partial charge in [-0.1, -0.05) is 12.1 Å². The van der Waals surface area contributed by atoms with Crippen molar-refractivity contribution in [3.05, 3.63) is 29.3 Å². The van der Waals surface area contributed by atoms with E-state index in [2.05, 4.69) is 17.4 Å². The molecule has 0 bridgehead atoms. The maximum Gasteiger partial charge on any atom is 0.224 e. The molecule has 0 radical (unpaired) electrons. The van der Waals surface area contributed by atoms with E-state index in [-0.39, 0.29) is 5.91 Å². The molecule has 0 spiro atoms. The number of ether oxygens (including phenoxy) is 2. The van der Waals surface area contributed by atoms with Crippen molar-refractivity contribution >= 4 is 5.91 Å². The lowest BCUT2D eigenvalue weighted by Crippen LogP contribution is -2.41. The molecule has 5 heteroatoms. The fraction of sp³-hybridized carbons (Fsp3) is 0.562. The smallest absolute Gasteiger partial charge is 0.224 e. The molecule has 5 nitrogen and oxygen atoms in total. The van der Waals surface area contributed by atoms with Crippen LogP contribution < -0.4 is 10.1 Å². The molecular formula is C16H22N2O3. The number of benzene rings is 1. The first-order valence-electron chi connectivity index (χ1n) is 7.64. The Kier molecular flexibility index (Phi) is 4.72. The van der Waals surface area contributed by atoms with Crippen LogP contribution in [0, 0.1) is 0 Å². The van der Waals surface area contributed by atoms with E-state index >= 15 is 0 Å². The lowest BCUT2D eigenvalue weighted by atomic mass is 10.1. The van der Waals surface area contributed by atoms with Crippen LogP contribution >= 0.6 is 0 Å². The van der Waals surface area contributed by atoms with Crippen LogP contribution in [0.25, 0.3) is 0 Å². The Bertz CT molecular complexity index is 498. The number of hydrogen-bond donors (Lipinski definition) is 1. The molecule has 1 N–H and O–H groups in total. The van der Waals surface area contributed by atoms with Crippen molar-refractivity contribution in [1.82, 2.24) is 10.2 Å². The van der Waals surface area contributed by atoms with E-state index < -0.39 is 0 Å². The molecule has 3 rings (SSSR count). The number of nitrogens with one attached hydrogen (secondary N) is 1. The first kappa shape index (κ1) is 14.4. The summed E-state index contributed by atoms with van der Waals surface area (Å²) in [7, 11) is 0. The molecule has 114 valence electrons. The van der Waals surface area contributed by atoms with Crippen LogP contribution in [0.3, 0.4) is 0 Å². The zero-order valence-corrected chi connectivity index (χ0v) is 12.3. The van der Waals surface area contributed by atoms with Crippen LogP contribution in [0.15, 0.2) is 18.2 Å². The van der Waals surface area contributed by atoms with Gasteiger partial charge in [0.15, 0.2) is 0 Å². The number of carbonyl (C=O) groups is 1. The van der Waals surface area contributed by atoms with E-state index in [1.54, 1.807) is 0 Å². The van der Waals surface area contributed by atoms with Gasteiger partial charge in [-0.25, -0.2) is 0 Å². The molecule has 0 saturated carbocycles. The maximum absolute atomic E-state index is 12.0. The first-order valence-corrected chi connectivity index (χ1v) is 7.64. The van der Waals surface area contributed by atoms with Gasteiger partial charge in [0.1, 0.15) is 5.75 Å². The Morgan fingerprint density at radius 2 is 2.10 bits per heavy atom. The summed E-state index contributed by atoms with van der Waals surface area (Å²) in [6.45, 7) is 5.08. The summed E-state index contributed by atoms with van der Waals surface area (Å²) in [5.41, 5.74) is 2.54. The quantitative estimate of drug-likeness (QED) is 0.821. The Morgan fingerprint density at radius 3 is 2.95 bits per heavy atom. The molecule has 1 fully saturated rings. The van der Waals surface area contributed by atoms with Crippen molar-refractivity contribution in [3.63, 3.8) is 0 Å². The molecule has 1 aromatic carbocycles. The van der Waals surface area contributed by atoms with Gasteiger partial charge in [-0.2, -0.15) is 0 Å². The molecule has 0 unspecified atom stereocenters. The van der Waals surface area contributed by atoms with Crippen LogP contribution in [0.1, 0.15) is 17.5 Å². The molecule has 1 amide bonds. The van der Waals surface area contributed by atoms with E-state index in [1.165, 1.54) is 11.1 Å². The van der Waals surface area contributed by atoms with E-state index in [0.717, 1.165) is 38.4 Å². The van der Waals surface area contributed by atoms with Gasteiger partial charge in [0.05, 0.1) is 19.8 Å². The zero-order valence-electron chi connectivity index (χ0n) is 12.3. The molecular weight excluding hydrogens is 268 g/mol. The van der Waals surface area contributed by atoms with Crippen LogP contribution in [-0.4, -0.2) is 50.3 Å². The van der Waals surface area contributed by atoms with Gasteiger partial charge in [-0.3, -0.25) is 4.79 Å². The second kappa shape index (κ2) is 6.91. The fourth-order valence-electron chi connectivity index (χ4n) is 2.75. The largest absolute Gasteiger partial charge is 0.493 e. The molecule has 2 aliphatic heterocycles. The minimum Gasteiger partial charge on any atom is -0.493 e. The minimum atomic E-state index is 0.216. The lowest BCUT2D eigenvalue weighted by Gasteiger charge is -2.26. The number of nitrogens with zero attached hydrogens (tertiary/aromatic N) is 1. The molecule has 21 heavy (non-hydrogen) atoms. The number of rotatable bonds is 5. The summed E-state index contributed by atoms with van der Waals surface area (Å²) in [5, 5.41) is 3.34. The number of morpholine rings is 1. The molecule has 1 saturated heterocycles. The van der Waals surface area contributed by atoms with Crippen molar-refractivity contribution in [1.29, 1.82) is 0 Å². The van der Waals surface area contributed by atoms with Gasteiger partial charge in [0, 0.05) is 39.0 Å². The zero-order chi connectivity index (χ0) is 14.5. The average Bonchev–Trinajstić information content (AvgIpc) is 3.00. The van der Waals surface area contributed by atoms with Crippen LogP contribution in [0.2, 0.25) is 0 Å².